The predicted molar refractivity (Wildman–Crippen MR) is 85.3 cm³/mol. The monoisotopic (exact) mass is 300 g/mol. The van der Waals surface area contributed by atoms with E-state index in [-0.39, 0.29) is 18.2 Å². The Kier molecular flexibility index (Phi) is 5.53. The van der Waals surface area contributed by atoms with Crippen LogP contribution in [0.4, 0.5) is 0 Å². The first-order valence-electron chi connectivity index (χ1n) is 7.42. The standard InChI is InChI=1S/C18H20O4/c1-3-22-16-12-11-13-7-4-5-8-14(13)18(16)15(19)9-6-10-17(20)21-2/h4-5,7-8,11-12H,3,6,9-10H2,1-2H3. The van der Waals surface area contributed by atoms with E-state index in [0.717, 1.165) is 10.8 Å². The van der Waals surface area contributed by atoms with Crippen LogP contribution in [-0.4, -0.2) is 25.5 Å². The molecule has 0 saturated heterocycles. The zero-order chi connectivity index (χ0) is 15.9. The maximum absolute atomic E-state index is 12.6. The van der Waals surface area contributed by atoms with E-state index < -0.39 is 0 Å². The Morgan fingerprint density at radius 3 is 2.55 bits per heavy atom. The van der Waals surface area contributed by atoms with Crippen molar-refractivity contribution in [1.82, 2.24) is 0 Å². The second-order valence-electron chi connectivity index (χ2n) is 4.95. The Morgan fingerprint density at radius 2 is 1.82 bits per heavy atom. The summed E-state index contributed by atoms with van der Waals surface area (Å²) >= 11 is 0. The van der Waals surface area contributed by atoms with Crippen molar-refractivity contribution in [3.8, 4) is 5.75 Å². The molecule has 0 aliphatic rings. The largest absolute Gasteiger partial charge is 0.493 e. The van der Waals surface area contributed by atoms with E-state index in [0.29, 0.717) is 30.8 Å². The molecular formula is C18H20O4. The molecule has 4 heteroatoms. The summed E-state index contributed by atoms with van der Waals surface area (Å²) < 4.78 is 10.2. The smallest absolute Gasteiger partial charge is 0.305 e. The molecule has 0 amide bonds. The molecule has 116 valence electrons. The molecular weight excluding hydrogens is 280 g/mol. The van der Waals surface area contributed by atoms with Crippen LogP contribution in [0.2, 0.25) is 0 Å². The summed E-state index contributed by atoms with van der Waals surface area (Å²) in [7, 11) is 1.35. The summed E-state index contributed by atoms with van der Waals surface area (Å²) in [5, 5.41) is 1.89. The van der Waals surface area contributed by atoms with Crippen molar-refractivity contribution in [3.63, 3.8) is 0 Å². The van der Waals surface area contributed by atoms with Crippen LogP contribution in [-0.2, 0) is 9.53 Å². The Hall–Kier alpha value is -2.36. The number of rotatable bonds is 7. The lowest BCUT2D eigenvalue weighted by Crippen LogP contribution is -2.07. The van der Waals surface area contributed by atoms with Crippen molar-refractivity contribution in [2.24, 2.45) is 0 Å². The Bertz CT molecular complexity index is 676. The van der Waals surface area contributed by atoms with Gasteiger partial charge in [0.05, 0.1) is 19.3 Å². The first-order chi connectivity index (χ1) is 10.7. The molecule has 0 saturated carbocycles. The lowest BCUT2D eigenvalue weighted by molar-refractivity contribution is -0.140. The predicted octanol–water partition coefficient (Wildman–Crippen LogP) is 3.76. The van der Waals surface area contributed by atoms with Crippen molar-refractivity contribution < 1.29 is 19.1 Å². The molecule has 0 N–H and O–H groups in total. The number of Topliss-reactive ketones (excluding diaryl/α,β-unsaturated/α-hetero) is 1. The van der Waals surface area contributed by atoms with Crippen molar-refractivity contribution >= 4 is 22.5 Å². The fourth-order valence-corrected chi connectivity index (χ4v) is 2.44. The minimum Gasteiger partial charge on any atom is -0.493 e. The maximum Gasteiger partial charge on any atom is 0.305 e. The van der Waals surface area contributed by atoms with Crippen molar-refractivity contribution in [2.45, 2.75) is 26.2 Å². The van der Waals surface area contributed by atoms with E-state index in [9.17, 15) is 9.59 Å². The molecule has 2 rings (SSSR count). The third kappa shape index (κ3) is 3.64. The molecule has 0 aromatic heterocycles. The second kappa shape index (κ2) is 7.59. The molecule has 0 fully saturated rings. The Balaban J connectivity index is 2.28. The summed E-state index contributed by atoms with van der Waals surface area (Å²) in [5.74, 6) is 0.296. The quantitative estimate of drug-likeness (QED) is 0.577. The fraction of sp³-hybridized carbons (Fsp3) is 0.333. The van der Waals surface area contributed by atoms with Crippen LogP contribution in [0, 0.1) is 0 Å². The second-order valence-corrected chi connectivity index (χ2v) is 4.95. The number of ketones is 1. The third-order valence-electron chi connectivity index (χ3n) is 3.48. The van der Waals surface area contributed by atoms with E-state index >= 15 is 0 Å². The molecule has 2 aromatic carbocycles. The van der Waals surface area contributed by atoms with Gasteiger partial charge in [-0.15, -0.1) is 0 Å². The molecule has 2 aromatic rings. The van der Waals surface area contributed by atoms with Gasteiger partial charge in [0.1, 0.15) is 5.75 Å². The minimum atomic E-state index is -0.296. The summed E-state index contributed by atoms with van der Waals surface area (Å²) in [5.41, 5.74) is 0.602. The maximum atomic E-state index is 12.6. The van der Waals surface area contributed by atoms with Crippen molar-refractivity contribution in [3.05, 3.63) is 42.0 Å². The molecule has 0 unspecified atom stereocenters. The molecule has 0 bridgehead atoms. The average Bonchev–Trinajstić information content (AvgIpc) is 2.54. The van der Waals surface area contributed by atoms with E-state index in [1.807, 2.05) is 43.3 Å². The topological polar surface area (TPSA) is 52.6 Å². The van der Waals surface area contributed by atoms with Crippen LogP contribution in [0.3, 0.4) is 0 Å². The molecule has 4 nitrogen and oxygen atoms in total. The van der Waals surface area contributed by atoms with Crippen LogP contribution < -0.4 is 4.74 Å². The number of carbonyl (C=O) groups excluding carboxylic acids is 2. The van der Waals surface area contributed by atoms with Gasteiger partial charge >= 0.3 is 5.97 Å². The molecule has 0 spiro atoms. The van der Waals surface area contributed by atoms with Gasteiger partial charge in [-0.1, -0.05) is 30.3 Å². The number of carbonyl (C=O) groups is 2. The van der Waals surface area contributed by atoms with Crippen LogP contribution in [0.15, 0.2) is 36.4 Å². The molecule has 0 heterocycles. The lowest BCUT2D eigenvalue weighted by Gasteiger charge is -2.12. The number of ether oxygens (including phenoxy) is 2. The highest BCUT2D eigenvalue weighted by atomic mass is 16.5. The van der Waals surface area contributed by atoms with E-state index in [1.165, 1.54) is 7.11 Å². The Labute approximate surface area is 130 Å². The highest BCUT2D eigenvalue weighted by Crippen LogP contribution is 2.29. The van der Waals surface area contributed by atoms with E-state index in [1.54, 1.807) is 0 Å². The Morgan fingerprint density at radius 1 is 1.05 bits per heavy atom. The molecule has 22 heavy (non-hydrogen) atoms. The minimum absolute atomic E-state index is 0.0100. The zero-order valence-corrected chi connectivity index (χ0v) is 12.9. The van der Waals surface area contributed by atoms with Crippen LogP contribution >= 0.6 is 0 Å². The van der Waals surface area contributed by atoms with Crippen LogP contribution in [0.1, 0.15) is 36.5 Å². The average molecular weight is 300 g/mol. The van der Waals surface area contributed by atoms with Gasteiger partial charge in [0.25, 0.3) is 0 Å². The van der Waals surface area contributed by atoms with Gasteiger partial charge in [-0.25, -0.2) is 0 Å². The summed E-state index contributed by atoms with van der Waals surface area (Å²) in [4.78, 5) is 23.7. The van der Waals surface area contributed by atoms with Crippen molar-refractivity contribution in [1.29, 1.82) is 0 Å². The highest BCUT2D eigenvalue weighted by molar-refractivity contribution is 6.10. The third-order valence-corrected chi connectivity index (χ3v) is 3.48. The number of esters is 1. The van der Waals surface area contributed by atoms with Crippen LogP contribution in [0.5, 0.6) is 5.75 Å². The lowest BCUT2D eigenvalue weighted by atomic mass is 9.97. The van der Waals surface area contributed by atoms with Gasteiger partial charge in [0, 0.05) is 12.8 Å². The van der Waals surface area contributed by atoms with E-state index in [4.69, 9.17) is 4.74 Å². The van der Waals surface area contributed by atoms with Gasteiger partial charge in [-0.05, 0) is 30.2 Å². The first-order valence-corrected chi connectivity index (χ1v) is 7.42. The van der Waals surface area contributed by atoms with Gasteiger partial charge in [0.2, 0.25) is 0 Å². The first kappa shape index (κ1) is 16.0. The molecule has 0 radical (unpaired) electrons. The molecule has 0 aliphatic carbocycles. The SMILES string of the molecule is CCOc1ccc2ccccc2c1C(=O)CCCC(=O)OC. The zero-order valence-electron chi connectivity index (χ0n) is 12.9. The fourth-order valence-electron chi connectivity index (χ4n) is 2.44. The summed E-state index contributed by atoms with van der Waals surface area (Å²) in [6.45, 7) is 2.39. The number of hydrogen-bond acceptors (Lipinski definition) is 4. The van der Waals surface area contributed by atoms with Crippen LogP contribution in [0.25, 0.3) is 10.8 Å². The number of methoxy groups -OCH3 is 1. The van der Waals surface area contributed by atoms with Gasteiger partial charge in [-0.2, -0.15) is 0 Å². The highest BCUT2D eigenvalue weighted by Gasteiger charge is 2.16. The van der Waals surface area contributed by atoms with E-state index in [2.05, 4.69) is 4.74 Å². The summed E-state index contributed by atoms with van der Waals surface area (Å²) in [6, 6.07) is 11.5. The van der Waals surface area contributed by atoms with Gasteiger partial charge < -0.3 is 9.47 Å². The molecule has 0 aliphatic heterocycles. The number of benzene rings is 2. The molecule has 0 atom stereocenters. The normalized spacial score (nSPS) is 10.5. The summed E-state index contributed by atoms with van der Waals surface area (Å²) in [6.07, 6.45) is 1.01. The number of hydrogen-bond donors (Lipinski definition) is 0. The van der Waals surface area contributed by atoms with Gasteiger partial charge in [-0.3, -0.25) is 9.59 Å². The number of fused-ring (bicyclic) bond motifs is 1. The van der Waals surface area contributed by atoms with Gasteiger partial charge in [0.15, 0.2) is 5.78 Å². The van der Waals surface area contributed by atoms with Crippen molar-refractivity contribution in [2.75, 3.05) is 13.7 Å².